The Morgan fingerprint density at radius 3 is 2.59 bits per heavy atom. The molecule has 4 heterocycles. The third kappa shape index (κ3) is 10.9. The molecule has 0 radical (unpaired) electrons. The molecule has 0 aliphatic carbocycles. The Morgan fingerprint density at radius 2 is 1.86 bits per heavy atom. The van der Waals surface area contributed by atoms with Gasteiger partial charge in [0.2, 0.25) is 17.7 Å². The quantitative estimate of drug-likeness (QED) is 0.232. The second-order valence-corrected chi connectivity index (χ2v) is 12.5. The summed E-state index contributed by atoms with van der Waals surface area (Å²) in [6.45, 7) is 4.16. The number of rotatable bonds is 5. The number of hydrogen-bond acceptors (Lipinski definition) is 10. The number of hydrogen-bond donors (Lipinski definition) is 5. The number of fused-ring (bicyclic) bond motifs is 16. The Balaban J connectivity index is 0.00000583. The fraction of sp³-hybridized carbons (Fsp3) is 0.486. The minimum Gasteiger partial charge on any atom is -0.493 e. The van der Waals surface area contributed by atoms with E-state index in [9.17, 15) is 24.3 Å². The highest BCUT2D eigenvalue weighted by Crippen LogP contribution is 2.28. The summed E-state index contributed by atoms with van der Waals surface area (Å²) in [7, 11) is 1.46. The van der Waals surface area contributed by atoms with Gasteiger partial charge >= 0.3 is 0 Å². The molecule has 3 aliphatic rings. The number of benzene rings is 2. The van der Waals surface area contributed by atoms with Gasteiger partial charge in [-0.15, -0.1) is 17.5 Å². The molecule has 1 aromatic heterocycles. The van der Waals surface area contributed by atoms with Gasteiger partial charge in [0.25, 0.3) is 5.91 Å². The highest BCUT2D eigenvalue weighted by molar-refractivity contribution is 5.99. The third-order valence-electron chi connectivity index (χ3n) is 8.83. The Bertz CT molecular complexity index is 1620. The Morgan fingerprint density at radius 1 is 1.06 bits per heavy atom. The van der Waals surface area contributed by atoms with Gasteiger partial charge in [-0.2, -0.15) is 0 Å². The zero-order valence-electron chi connectivity index (χ0n) is 28.9. The molecule has 276 valence electrons. The average molecular weight is 727 g/mol. The van der Waals surface area contributed by atoms with Crippen molar-refractivity contribution in [1.82, 2.24) is 41.2 Å². The molecule has 6 rings (SSSR count). The van der Waals surface area contributed by atoms with Gasteiger partial charge in [0.1, 0.15) is 18.7 Å². The summed E-state index contributed by atoms with van der Waals surface area (Å²) in [6.07, 6.45) is 2.79. The maximum Gasteiger partial charge on any atom is 0.252 e. The van der Waals surface area contributed by atoms with E-state index in [0.29, 0.717) is 43.2 Å². The van der Waals surface area contributed by atoms with Crippen LogP contribution in [-0.4, -0.2) is 113 Å². The van der Waals surface area contributed by atoms with Crippen LogP contribution in [0.3, 0.4) is 0 Å². The van der Waals surface area contributed by atoms with E-state index in [1.807, 2.05) is 30.3 Å². The number of carbonyl (C=O) groups is 4. The summed E-state index contributed by atoms with van der Waals surface area (Å²) in [4.78, 5) is 55.9. The van der Waals surface area contributed by atoms with Gasteiger partial charge in [-0.25, -0.2) is 4.68 Å². The molecule has 0 saturated carbocycles. The fourth-order valence-corrected chi connectivity index (χ4v) is 6.03. The molecule has 15 nitrogen and oxygen atoms in total. The minimum absolute atomic E-state index is 0. The molecular formula is C35H47ClN8O7. The first-order valence-corrected chi connectivity index (χ1v) is 17.0. The SMILES string of the molecule is COc1cc2ccc1OCCn1cc(nn1)CCN(C(=O)[C@H]1CCCNC1)CCNC(=O)[C@H]([C@@H](C)O)NC(=O)[C@@H](Cc1ccccc1)NC2=O.Cl. The molecule has 5 N–H and O–H groups in total. The Hall–Kier alpha value is -4.73. The minimum atomic E-state index is -1.32. The number of ether oxygens (including phenoxy) is 2. The van der Waals surface area contributed by atoms with Gasteiger partial charge in [-0.1, -0.05) is 35.5 Å². The van der Waals surface area contributed by atoms with E-state index in [1.54, 1.807) is 27.9 Å². The number of piperidine rings is 1. The average Bonchev–Trinajstić information content (AvgIpc) is 3.59. The summed E-state index contributed by atoms with van der Waals surface area (Å²) in [5, 5.41) is 30.5. The molecule has 4 atom stereocenters. The molecule has 1 saturated heterocycles. The van der Waals surface area contributed by atoms with Gasteiger partial charge in [0.15, 0.2) is 11.5 Å². The molecule has 3 aliphatic heterocycles. The van der Waals surface area contributed by atoms with Crippen LogP contribution in [0.15, 0.2) is 54.7 Å². The third-order valence-corrected chi connectivity index (χ3v) is 8.83. The smallest absolute Gasteiger partial charge is 0.252 e. The molecular weight excluding hydrogens is 680 g/mol. The zero-order valence-corrected chi connectivity index (χ0v) is 29.7. The van der Waals surface area contributed by atoms with E-state index in [0.717, 1.165) is 24.9 Å². The number of halogens is 1. The van der Waals surface area contributed by atoms with Gasteiger partial charge in [-0.3, -0.25) is 19.2 Å². The van der Waals surface area contributed by atoms with Crippen molar-refractivity contribution in [2.75, 3.05) is 46.4 Å². The van der Waals surface area contributed by atoms with Crippen molar-refractivity contribution in [1.29, 1.82) is 0 Å². The maximum absolute atomic E-state index is 13.7. The van der Waals surface area contributed by atoms with Crippen LogP contribution >= 0.6 is 12.4 Å². The van der Waals surface area contributed by atoms with Crippen LogP contribution in [0.5, 0.6) is 11.5 Å². The summed E-state index contributed by atoms with van der Waals surface area (Å²) >= 11 is 0. The van der Waals surface area contributed by atoms with E-state index in [-0.39, 0.29) is 55.9 Å². The molecule has 4 bridgehead atoms. The molecule has 3 aromatic rings. The summed E-state index contributed by atoms with van der Waals surface area (Å²) in [6, 6.07) is 11.4. The van der Waals surface area contributed by atoms with Crippen molar-refractivity contribution >= 4 is 36.0 Å². The first-order valence-electron chi connectivity index (χ1n) is 17.0. The lowest BCUT2D eigenvalue weighted by atomic mass is 9.98. The topological polar surface area (TPSA) is 189 Å². The molecule has 4 amide bonds. The normalized spacial score (nSPS) is 21.6. The van der Waals surface area contributed by atoms with E-state index >= 15 is 0 Å². The van der Waals surface area contributed by atoms with Crippen LogP contribution in [0.25, 0.3) is 0 Å². The lowest BCUT2D eigenvalue weighted by Gasteiger charge is -2.30. The van der Waals surface area contributed by atoms with Gasteiger partial charge < -0.3 is 40.7 Å². The number of nitrogens with zero attached hydrogens (tertiary/aromatic N) is 4. The second kappa shape index (κ2) is 19.0. The number of aromatic nitrogens is 3. The number of aliphatic hydroxyl groups is 1. The summed E-state index contributed by atoms with van der Waals surface area (Å²) < 4.78 is 13.1. The van der Waals surface area contributed by atoms with Crippen molar-refractivity contribution in [3.8, 4) is 11.5 Å². The highest BCUT2D eigenvalue weighted by atomic mass is 35.5. The van der Waals surface area contributed by atoms with Gasteiger partial charge in [-0.05, 0) is 50.1 Å². The highest BCUT2D eigenvalue weighted by Gasteiger charge is 2.31. The largest absolute Gasteiger partial charge is 0.493 e. The molecule has 0 unspecified atom stereocenters. The predicted octanol–water partition coefficient (Wildman–Crippen LogP) is 0.495. The van der Waals surface area contributed by atoms with Crippen molar-refractivity contribution in [3.05, 3.63) is 71.5 Å². The number of amides is 4. The summed E-state index contributed by atoms with van der Waals surface area (Å²) in [5.41, 5.74) is 1.70. The molecule has 1 fully saturated rings. The molecule has 2 aromatic carbocycles. The van der Waals surface area contributed by atoms with Crippen molar-refractivity contribution in [2.24, 2.45) is 5.92 Å². The predicted molar refractivity (Wildman–Crippen MR) is 190 cm³/mol. The monoisotopic (exact) mass is 726 g/mol. The van der Waals surface area contributed by atoms with E-state index < -0.39 is 35.9 Å². The van der Waals surface area contributed by atoms with Crippen LogP contribution < -0.4 is 30.7 Å². The van der Waals surface area contributed by atoms with Crippen LogP contribution in [0.4, 0.5) is 0 Å². The van der Waals surface area contributed by atoms with Crippen molar-refractivity contribution in [3.63, 3.8) is 0 Å². The lowest BCUT2D eigenvalue weighted by molar-refractivity contribution is -0.136. The Kier molecular flexibility index (Phi) is 14.6. The van der Waals surface area contributed by atoms with Gasteiger partial charge in [0.05, 0.1) is 31.4 Å². The van der Waals surface area contributed by atoms with Crippen LogP contribution in [0, 0.1) is 5.92 Å². The summed E-state index contributed by atoms with van der Waals surface area (Å²) in [5.74, 6) is -1.27. The lowest BCUT2D eigenvalue weighted by Crippen LogP contribution is -2.58. The number of aliphatic hydroxyl groups excluding tert-OH is 1. The van der Waals surface area contributed by atoms with Crippen molar-refractivity contribution < 1.29 is 33.8 Å². The first-order chi connectivity index (χ1) is 24.2. The number of carbonyl (C=O) groups excluding carboxylic acids is 4. The number of methoxy groups -OCH3 is 1. The van der Waals surface area contributed by atoms with E-state index in [4.69, 9.17) is 9.47 Å². The van der Waals surface area contributed by atoms with E-state index in [2.05, 4.69) is 31.6 Å². The molecule has 0 spiro atoms. The van der Waals surface area contributed by atoms with Crippen molar-refractivity contribution in [2.45, 2.75) is 57.3 Å². The number of nitrogens with one attached hydrogen (secondary N) is 4. The van der Waals surface area contributed by atoms with Gasteiger partial charge in [0, 0.05) is 50.8 Å². The van der Waals surface area contributed by atoms with E-state index in [1.165, 1.54) is 20.1 Å². The van der Waals surface area contributed by atoms with Crippen LogP contribution in [-0.2, 0) is 33.8 Å². The second-order valence-electron chi connectivity index (χ2n) is 12.5. The fourth-order valence-electron chi connectivity index (χ4n) is 6.03. The molecule has 16 heteroatoms. The molecule has 51 heavy (non-hydrogen) atoms. The van der Waals surface area contributed by atoms with Crippen LogP contribution in [0.1, 0.15) is 41.4 Å². The maximum atomic E-state index is 13.7. The first kappa shape index (κ1) is 39.1. The Labute approximate surface area is 303 Å². The van der Waals surface area contributed by atoms with Crippen LogP contribution in [0.2, 0.25) is 0 Å². The zero-order chi connectivity index (χ0) is 35.5. The standard InChI is InChI=1S/C35H46N8O7.ClH/c1-23(44)31-34(47)37-14-16-42(35(48)26-9-6-13-36-21-26)15-12-27-22-43(41-40-27)17-18-50-29-11-10-25(20-30(29)49-2)32(45)38-28(33(46)39-31)19-24-7-4-3-5-8-24;/h3-5,7-8,10-11,20,22-23,26,28,31,36,44H,6,9,12-19,21H2,1-2H3,(H,37,47)(H,38,45)(H,39,46);1H/t23-,26+,28-,31+;/m1./s1.